The van der Waals surface area contributed by atoms with Gasteiger partial charge >= 0.3 is 5.97 Å². The normalized spacial score (nSPS) is 11.5. The molecule has 0 saturated heterocycles. The van der Waals surface area contributed by atoms with Crippen LogP contribution in [-0.4, -0.2) is 15.6 Å². The number of rotatable bonds is 5. The first-order valence-electron chi connectivity index (χ1n) is 9.43. The van der Waals surface area contributed by atoms with Crippen LogP contribution in [0.1, 0.15) is 27.0 Å². The average Bonchev–Trinajstić information content (AvgIpc) is 3.12. The van der Waals surface area contributed by atoms with Gasteiger partial charge in [-0.05, 0) is 47.5 Å². The van der Waals surface area contributed by atoms with Crippen LogP contribution in [0.4, 0.5) is 4.39 Å². The number of aromatic nitrogens is 1. The Morgan fingerprint density at radius 2 is 1.74 bits per heavy atom. The van der Waals surface area contributed by atoms with Crippen molar-refractivity contribution < 1.29 is 14.3 Å². The number of allylic oxidation sites excluding steroid dienone is 1. The van der Waals surface area contributed by atoms with Crippen LogP contribution in [0.2, 0.25) is 5.02 Å². The van der Waals surface area contributed by atoms with E-state index in [1.54, 1.807) is 36.4 Å². The molecule has 4 nitrogen and oxygen atoms in total. The number of fused-ring (bicyclic) bond motifs is 1. The molecule has 1 N–H and O–H groups in total. The highest BCUT2D eigenvalue weighted by Gasteiger charge is 2.13. The van der Waals surface area contributed by atoms with Crippen LogP contribution in [0.3, 0.4) is 0 Å². The van der Waals surface area contributed by atoms with E-state index in [0.29, 0.717) is 22.7 Å². The lowest BCUT2D eigenvalue weighted by Crippen LogP contribution is -1.98. The number of benzene rings is 3. The van der Waals surface area contributed by atoms with Gasteiger partial charge in [0.2, 0.25) is 0 Å². The smallest absolute Gasteiger partial charge is 0.335 e. The first kappa shape index (κ1) is 20.4. The Morgan fingerprint density at radius 1 is 1.06 bits per heavy atom. The number of carboxylic acid groups (broad SMARTS) is 1. The molecule has 4 aromatic rings. The van der Waals surface area contributed by atoms with Crippen LogP contribution in [0.5, 0.6) is 0 Å². The van der Waals surface area contributed by atoms with Crippen LogP contribution in [0.15, 0.2) is 72.9 Å². The van der Waals surface area contributed by atoms with Crippen LogP contribution >= 0.6 is 11.6 Å². The van der Waals surface area contributed by atoms with Gasteiger partial charge < -0.3 is 9.67 Å². The molecule has 0 aliphatic carbocycles. The maximum absolute atomic E-state index is 13.3. The molecule has 4 rings (SSSR count). The maximum Gasteiger partial charge on any atom is 0.335 e. The van der Waals surface area contributed by atoms with Gasteiger partial charge in [-0.25, -0.2) is 9.18 Å². The van der Waals surface area contributed by atoms with E-state index in [4.69, 9.17) is 16.7 Å². The van der Waals surface area contributed by atoms with Crippen LogP contribution in [-0.2, 0) is 6.54 Å². The lowest BCUT2D eigenvalue weighted by atomic mass is 10.0. The number of hydrogen-bond acceptors (Lipinski definition) is 2. The molecule has 0 radical (unpaired) electrons. The Balaban J connectivity index is 1.79. The number of halogens is 2. The minimum Gasteiger partial charge on any atom is -0.478 e. The topological polar surface area (TPSA) is 66.0 Å². The molecular formula is C25H16ClFN2O2. The van der Waals surface area contributed by atoms with Gasteiger partial charge in [0.15, 0.2) is 0 Å². The summed E-state index contributed by atoms with van der Waals surface area (Å²) in [7, 11) is 0. The summed E-state index contributed by atoms with van der Waals surface area (Å²) >= 11 is 6.48. The van der Waals surface area contributed by atoms with Crippen molar-refractivity contribution in [1.29, 1.82) is 5.26 Å². The van der Waals surface area contributed by atoms with Crippen molar-refractivity contribution in [2.24, 2.45) is 0 Å². The SMILES string of the molecule is N#CC(=Cc1cn(Cc2ccc(F)cc2)c2c(Cl)cccc12)c1ccc(C(=O)O)cc1. The number of carboxylic acids is 1. The van der Waals surface area contributed by atoms with E-state index in [2.05, 4.69) is 6.07 Å². The lowest BCUT2D eigenvalue weighted by molar-refractivity contribution is 0.0697. The number of aromatic carboxylic acids is 1. The van der Waals surface area contributed by atoms with Gasteiger partial charge in [-0.3, -0.25) is 0 Å². The monoisotopic (exact) mass is 430 g/mol. The van der Waals surface area contributed by atoms with E-state index in [1.807, 2.05) is 22.9 Å². The third kappa shape index (κ3) is 4.20. The molecule has 0 aliphatic rings. The minimum atomic E-state index is -1.02. The molecule has 0 aliphatic heterocycles. The molecule has 31 heavy (non-hydrogen) atoms. The summed E-state index contributed by atoms with van der Waals surface area (Å²) in [6.45, 7) is 0.490. The van der Waals surface area contributed by atoms with Crippen molar-refractivity contribution in [3.8, 4) is 6.07 Å². The highest BCUT2D eigenvalue weighted by molar-refractivity contribution is 6.35. The third-order valence-corrected chi connectivity index (χ3v) is 5.31. The molecule has 0 saturated carbocycles. The first-order chi connectivity index (χ1) is 15.0. The highest BCUT2D eigenvalue weighted by Crippen LogP contribution is 2.31. The quantitative estimate of drug-likeness (QED) is 0.381. The Kier molecular flexibility index (Phi) is 5.57. The van der Waals surface area contributed by atoms with Crippen molar-refractivity contribution in [2.75, 3.05) is 0 Å². The molecule has 0 spiro atoms. The molecule has 3 aromatic carbocycles. The summed E-state index contributed by atoms with van der Waals surface area (Å²) in [4.78, 5) is 11.1. The van der Waals surface area contributed by atoms with Gasteiger partial charge in [-0.2, -0.15) is 5.26 Å². The van der Waals surface area contributed by atoms with Crippen LogP contribution < -0.4 is 0 Å². The van der Waals surface area contributed by atoms with Gasteiger partial charge in [0.25, 0.3) is 0 Å². The number of nitriles is 1. The van der Waals surface area contributed by atoms with E-state index in [-0.39, 0.29) is 11.4 Å². The van der Waals surface area contributed by atoms with E-state index >= 15 is 0 Å². The molecule has 1 aromatic heterocycles. The van der Waals surface area contributed by atoms with Crippen molar-refractivity contribution in [3.05, 3.63) is 106 Å². The third-order valence-electron chi connectivity index (χ3n) is 5.01. The van der Waals surface area contributed by atoms with Gasteiger partial charge in [0.1, 0.15) is 5.82 Å². The summed E-state index contributed by atoms with van der Waals surface area (Å²) in [6, 6.07) is 20.2. The van der Waals surface area contributed by atoms with Crippen molar-refractivity contribution in [2.45, 2.75) is 6.54 Å². The zero-order valence-corrected chi connectivity index (χ0v) is 17.0. The van der Waals surface area contributed by atoms with Gasteiger partial charge in [-0.1, -0.05) is 48.0 Å². The molecular weight excluding hydrogens is 415 g/mol. The fourth-order valence-corrected chi connectivity index (χ4v) is 3.78. The molecule has 1 heterocycles. The highest BCUT2D eigenvalue weighted by atomic mass is 35.5. The minimum absolute atomic E-state index is 0.156. The second-order valence-electron chi connectivity index (χ2n) is 7.03. The van der Waals surface area contributed by atoms with Crippen molar-refractivity contribution in [1.82, 2.24) is 4.57 Å². The zero-order valence-electron chi connectivity index (χ0n) is 16.2. The summed E-state index contributed by atoms with van der Waals surface area (Å²) < 4.78 is 15.2. The summed E-state index contributed by atoms with van der Waals surface area (Å²) in [6.07, 6.45) is 3.67. The van der Waals surface area contributed by atoms with Crippen molar-refractivity contribution >= 4 is 40.1 Å². The number of para-hydroxylation sites is 1. The Labute approximate surface area is 183 Å². The van der Waals surface area contributed by atoms with Gasteiger partial charge in [-0.15, -0.1) is 0 Å². The largest absolute Gasteiger partial charge is 0.478 e. The number of nitrogens with zero attached hydrogens (tertiary/aromatic N) is 2. The zero-order chi connectivity index (χ0) is 22.0. The number of hydrogen-bond donors (Lipinski definition) is 1. The molecule has 6 heteroatoms. The summed E-state index contributed by atoms with van der Waals surface area (Å²) in [5.74, 6) is -1.32. The summed E-state index contributed by atoms with van der Waals surface area (Å²) in [5.41, 5.74) is 3.71. The molecule has 152 valence electrons. The Hall–Kier alpha value is -3.88. The molecule has 0 atom stereocenters. The van der Waals surface area contributed by atoms with Crippen molar-refractivity contribution in [3.63, 3.8) is 0 Å². The fourth-order valence-electron chi connectivity index (χ4n) is 3.50. The summed E-state index contributed by atoms with van der Waals surface area (Å²) in [5, 5.41) is 20.2. The second-order valence-corrected chi connectivity index (χ2v) is 7.43. The molecule has 0 unspecified atom stereocenters. The lowest BCUT2D eigenvalue weighted by Gasteiger charge is -2.06. The van der Waals surface area contributed by atoms with E-state index in [1.165, 1.54) is 24.3 Å². The molecule has 0 amide bonds. The van der Waals surface area contributed by atoms with Crippen LogP contribution in [0, 0.1) is 17.1 Å². The predicted molar refractivity (Wildman–Crippen MR) is 119 cm³/mol. The fraction of sp³-hybridized carbons (Fsp3) is 0.0400. The van der Waals surface area contributed by atoms with Gasteiger partial charge in [0.05, 0.1) is 27.7 Å². The molecule has 0 bridgehead atoms. The average molecular weight is 431 g/mol. The molecule has 0 fully saturated rings. The Bertz CT molecular complexity index is 1350. The maximum atomic E-state index is 13.3. The van der Waals surface area contributed by atoms with E-state index in [9.17, 15) is 14.4 Å². The van der Waals surface area contributed by atoms with E-state index in [0.717, 1.165) is 22.0 Å². The second kappa shape index (κ2) is 8.47. The van der Waals surface area contributed by atoms with Crippen LogP contribution in [0.25, 0.3) is 22.6 Å². The number of carbonyl (C=O) groups is 1. The Morgan fingerprint density at radius 3 is 2.39 bits per heavy atom. The standard InChI is InChI=1S/C25H16ClFN2O2/c26-23-3-1-2-22-20(12-19(13-28)17-6-8-18(9-7-17)25(30)31)15-29(24(22)23)14-16-4-10-21(27)11-5-16/h1-12,15H,14H2,(H,30,31). The van der Waals surface area contributed by atoms with Gasteiger partial charge in [0, 0.05) is 23.7 Å². The predicted octanol–water partition coefficient (Wildman–Crippen LogP) is 6.24. The first-order valence-corrected chi connectivity index (χ1v) is 9.81. The van der Waals surface area contributed by atoms with E-state index < -0.39 is 5.97 Å².